The largest absolute Gasteiger partial charge is 0.298 e. The van der Waals surface area contributed by atoms with Gasteiger partial charge < -0.3 is 0 Å². The van der Waals surface area contributed by atoms with Crippen LogP contribution in [0.25, 0.3) is 17.1 Å². The number of nitriles is 1. The summed E-state index contributed by atoms with van der Waals surface area (Å²) in [4.78, 5) is 4.48. The van der Waals surface area contributed by atoms with Gasteiger partial charge in [-0.05, 0) is 31.9 Å². The van der Waals surface area contributed by atoms with Crippen LogP contribution in [-0.4, -0.2) is 9.55 Å². The Morgan fingerprint density at radius 3 is 2.23 bits per heavy atom. The first kappa shape index (κ1) is 14.1. The van der Waals surface area contributed by atoms with Gasteiger partial charge in [0.1, 0.15) is 11.9 Å². The molecule has 0 unspecified atom stereocenters. The average Bonchev–Trinajstić information content (AvgIpc) is 2.91. The Morgan fingerprint density at radius 1 is 1.00 bits per heavy atom. The molecule has 0 N–H and O–H groups in total. The third-order valence-corrected chi connectivity index (χ3v) is 3.73. The highest BCUT2D eigenvalue weighted by Gasteiger charge is 2.15. The Balaban J connectivity index is 2.29. The Hall–Kier alpha value is -2.86. The minimum absolute atomic E-state index is 0.429. The van der Waals surface area contributed by atoms with Crippen LogP contribution in [0.1, 0.15) is 22.4 Å². The van der Waals surface area contributed by atoms with Crippen molar-refractivity contribution in [2.24, 2.45) is 0 Å². The Kier molecular flexibility index (Phi) is 3.52. The zero-order chi connectivity index (χ0) is 15.7. The van der Waals surface area contributed by atoms with E-state index in [1.165, 1.54) is 16.7 Å². The molecular weight excluding hydrogens is 270 g/mol. The molecule has 3 aromatic rings. The summed E-state index contributed by atoms with van der Waals surface area (Å²) in [6.07, 6.45) is 1.81. The quantitative estimate of drug-likeness (QED) is 0.703. The lowest BCUT2D eigenvalue weighted by Crippen LogP contribution is -2.02. The number of benzene rings is 2. The van der Waals surface area contributed by atoms with Gasteiger partial charge in [-0.2, -0.15) is 5.26 Å². The Bertz CT molecular complexity index is 844. The minimum Gasteiger partial charge on any atom is -0.298 e. The van der Waals surface area contributed by atoms with Crippen molar-refractivity contribution in [2.75, 3.05) is 0 Å². The summed E-state index contributed by atoms with van der Waals surface area (Å²) in [6, 6.07) is 16.4. The zero-order valence-electron chi connectivity index (χ0n) is 13.0. The van der Waals surface area contributed by atoms with Gasteiger partial charge in [0, 0.05) is 11.8 Å². The molecule has 2 aromatic carbocycles. The third kappa shape index (κ3) is 2.40. The maximum absolute atomic E-state index is 9.23. The average molecular weight is 287 g/mol. The molecule has 0 aliphatic rings. The fourth-order valence-electron chi connectivity index (χ4n) is 2.95. The van der Waals surface area contributed by atoms with Gasteiger partial charge in [0.15, 0.2) is 5.69 Å². The van der Waals surface area contributed by atoms with Crippen molar-refractivity contribution >= 4 is 0 Å². The van der Waals surface area contributed by atoms with Crippen LogP contribution in [0.15, 0.2) is 48.7 Å². The van der Waals surface area contributed by atoms with E-state index < -0.39 is 0 Å². The van der Waals surface area contributed by atoms with E-state index in [4.69, 9.17) is 0 Å². The minimum atomic E-state index is 0.429. The van der Waals surface area contributed by atoms with Crippen LogP contribution >= 0.6 is 0 Å². The molecule has 1 heterocycles. The topological polar surface area (TPSA) is 41.6 Å². The predicted octanol–water partition coefficient (Wildman–Crippen LogP) is 4.34. The molecule has 0 atom stereocenters. The maximum atomic E-state index is 9.23. The number of hydrogen-bond donors (Lipinski definition) is 0. The number of nitrogens with zero attached hydrogens (tertiary/aromatic N) is 3. The lowest BCUT2D eigenvalue weighted by atomic mass is 10.0. The summed E-state index contributed by atoms with van der Waals surface area (Å²) in [5.74, 6) is 0.798. The molecule has 1 aromatic heterocycles. The molecule has 0 bridgehead atoms. The molecule has 3 rings (SSSR count). The predicted molar refractivity (Wildman–Crippen MR) is 87.9 cm³/mol. The standard InChI is InChI=1S/C19H17N3/c1-13-9-14(2)18(15(3)10-13)22-12-17(11-20)21-19(22)16-7-5-4-6-8-16/h4-10,12H,1-3H3. The van der Waals surface area contributed by atoms with E-state index in [9.17, 15) is 5.26 Å². The lowest BCUT2D eigenvalue weighted by molar-refractivity contribution is 1.03. The van der Waals surface area contributed by atoms with Crippen LogP contribution in [0, 0.1) is 32.1 Å². The molecule has 0 amide bonds. The van der Waals surface area contributed by atoms with E-state index in [-0.39, 0.29) is 0 Å². The number of rotatable bonds is 2. The first-order valence-electron chi connectivity index (χ1n) is 7.23. The van der Waals surface area contributed by atoms with Gasteiger partial charge in [-0.3, -0.25) is 4.57 Å². The van der Waals surface area contributed by atoms with E-state index in [0.29, 0.717) is 5.69 Å². The first-order chi connectivity index (χ1) is 10.6. The number of imidazole rings is 1. The van der Waals surface area contributed by atoms with Gasteiger partial charge in [-0.15, -0.1) is 0 Å². The summed E-state index contributed by atoms with van der Waals surface area (Å²) in [5.41, 5.74) is 6.12. The van der Waals surface area contributed by atoms with E-state index in [1.807, 2.05) is 41.1 Å². The van der Waals surface area contributed by atoms with Gasteiger partial charge in [-0.1, -0.05) is 48.0 Å². The fraction of sp³-hybridized carbons (Fsp3) is 0.158. The number of aryl methyl sites for hydroxylation is 3. The monoisotopic (exact) mass is 287 g/mol. The number of aromatic nitrogens is 2. The summed E-state index contributed by atoms with van der Waals surface area (Å²) in [5, 5.41) is 9.23. The second-order valence-electron chi connectivity index (χ2n) is 5.54. The second-order valence-corrected chi connectivity index (χ2v) is 5.54. The zero-order valence-corrected chi connectivity index (χ0v) is 13.0. The van der Waals surface area contributed by atoms with Gasteiger partial charge in [-0.25, -0.2) is 4.98 Å². The fourth-order valence-corrected chi connectivity index (χ4v) is 2.95. The van der Waals surface area contributed by atoms with Crippen LogP contribution in [0.4, 0.5) is 0 Å². The van der Waals surface area contributed by atoms with Crippen LogP contribution in [0.5, 0.6) is 0 Å². The van der Waals surface area contributed by atoms with E-state index in [2.05, 4.69) is 44.0 Å². The van der Waals surface area contributed by atoms with Gasteiger partial charge >= 0.3 is 0 Å². The molecule has 108 valence electrons. The molecule has 3 nitrogen and oxygen atoms in total. The van der Waals surface area contributed by atoms with Crippen molar-refractivity contribution in [1.29, 1.82) is 5.26 Å². The summed E-state index contributed by atoms with van der Waals surface area (Å²) in [6.45, 7) is 6.28. The van der Waals surface area contributed by atoms with Gasteiger partial charge in [0.2, 0.25) is 0 Å². The molecule has 22 heavy (non-hydrogen) atoms. The van der Waals surface area contributed by atoms with E-state index in [0.717, 1.165) is 17.1 Å². The summed E-state index contributed by atoms with van der Waals surface area (Å²) in [7, 11) is 0. The molecule has 0 saturated carbocycles. The highest BCUT2D eigenvalue weighted by molar-refractivity contribution is 5.62. The molecule has 0 aliphatic heterocycles. The molecule has 0 aliphatic carbocycles. The molecule has 3 heteroatoms. The number of hydrogen-bond acceptors (Lipinski definition) is 2. The van der Waals surface area contributed by atoms with Gasteiger partial charge in [0.05, 0.1) is 5.69 Å². The molecular formula is C19H17N3. The molecule has 0 radical (unpaired) electrons. The van der Waals surface area contributed by atoms with Crippen LogP contribution in [0.2, 0.25) is 0 Å². The normalized spacial score (nSPS) is 10.5. The van der Waals surface area contributed by atoms with E-state index >= 15 is 0 Å². The highest BCUT2D eigenvalue weighted by Crippen LogP contribution is 2.27. The molecule has 0 spiro atoms. The van der Waals surface area contributed by atoms with Crippen molar-refractivity contribution in [3.63, 3.8) is 0 Å². The first-order valence-corrected chi connectivity index (χ1v) is 7.23. The van der Waals surface area contributed by atoms with Crippen molar-refractivity contribution in [1.82, 2.24) is 9.55 Å². The van der Waals surface area contributed by atoms with Crippen molar-refractivity contribution in [3.05, 3.63) is 71.0 Å². The second kappa shape index (κ2) is 5.50. The van der Waals surface area contributed by atoms with E-state index in [1.54, 1.807) is 0 Å². The molecule has 0 saturated heterocycles. The maximum Gasteiger partial charge on any atom is 0.159 e. The SMILES string of the molecule is Cc1cc(C)c(-n2cc(C#N)nc2-c2ccccc2)c(C)c1. The highest BCUT2D eigenvalue weighted by atomic mass is 15.1. The Morgan fingerprint density at radius 2 is 1.64 bits per heavy atom. The smallest absolute Gasteiger partial charge is 0.159 e. The Labute approximate surface area is 130 Å². The van der Waals surface area contributed by atoms with Crippen molar-refractivity contribution in [3.8, 4) is 23.1 Å². The summed E-state index contributed by atoms with van der Waals surface area (Å²) < 4.78 is 2.03. The lowest BCUT2D eigenvalue weighted by Gasteiger charge is -2.15. The summed E-state index contributed by atoms with van der Waals surface area (Å²) >= 11 is 0. The van der Waals surface area contributed by atoms with Crippen molar-refractivity contribution in [2.45, 2.75) is 20.8 Å². The van der Waals surface area contributed by atoms with Crippen molar-refractivity contribution < 1.29 is 0 Å². The molecule has 0 fully saturated rings. The van der Waals surface area contributed by atoms with Crippen LogP contribution in [-0.2, 0) is 0 Å². The van der Waals surface area contributed by atoms with Gasteiger partial charge in [0.25, 0.3) is 0 Å². The van der Waals surface area contributed by atoms with Crippen LogP contribution < -0.4 is 0 Å². The van der Waals surface area contributed by atoms with Crippen LogP contribution in [0.3, 0.4) is 0 Å². The third-order valence-electron chi connectivity index (χ3n) is 3.73.